The minimum Gasteiger partial charge on any atom is -0.481 e. The van der Waals surface area contributed by atoms with Crippen molar-refractivity contribution in [2.24, 2.45) is 5.73 Å². The highest BCUT2D eigenvalue weighted by Crippen LogP contribution is 2.11. The Kier molecular flexibility index (Phi) is 3.64. The zero-order chi connectivity index (χ0) is 10.6. The molecule has 0 spiro atoms. The molecular weight excluding hydrogens is 180 g/mol. The summed E-state index contributed by atoms with van der Waals surface area (Å²) in [4.78, 5) is 7.96. The summed E-state index contributed by atoms with van der Waals surface area (Å²) in [5.74, 6) is 1.26. The lowest BCUT2D eigenvalue weighted by Gasteiger charge is -2.17. The van der Waals surface area contributed by atoms with Gasteiger partial charge in [0.05, 0.1) is 7.11 Å². The zero-order valence-electron chi connectivity index (χ0n) is 8.69. The third-order valence-corrected chi connectivity index (χ3v) is 2.02. The number of nitrogens with zero attached hydrogens (tertiary/aromatic N) is 2. The molecule has 2 atom stereocenters. The smallest absolute Gasteiger partial charge is 0.218 e. The molecule has 0 saturated heterocycles. The first kappa shape index (κ1) is 10.7. The predicted molar refractivity (Wildman–Crippen MR) is 55.3 cm³/mol. The molecule has 0 amide bonds. The SMILES string of the molecule is COc1cc(NC(C)C(C)N)ncn1. The van der Waals surface area contributed by atoms with E-state index in [1.165, 1.54) is 6.33 Å². The molecule has 78 valence electrons. The highest BCUT2D eigenvalue weighted by molar-refractivity contribution is 5.38. The van der Waals surface area contributed by atoms with Crippen LogP contribution in [-0.2, 0) is 0 Å². The fraction of sp³-hybridized carbons (Fsp3) is 0.556. The minimum absolute atomic E-state index is 0.0657. The van der Waals surface area contributed by atoms with Gasteiger partial charge in [0, 0.05) is 18.2 Å². The van der Waals surface area contributed by atoms with Gasteiger partial charge < -0.3 is 15.8 Å². The number of nitrogens with one attached hydrogen (secondary N) is 1. The average molecular weight is 196 g/mol. The van der Waals surface area contributed by atoms with E-state index in [1.54, 1.807) is 13.2 Å². The van der Waals surface area contributed by atoms with Crippen molar-refractivity contribution in [1.82, 2.24) is 9.97 Å². The van der Waals surface area contributed by atoms with E-state index < -0.39 is 0 Å². The standard InChI is InChI=1S/C9H16N4O/c1-6(10)7(2)13-8-4-9(14-3)12-5-11-8/h4-7H,10H2,1-3H3,(H,11,12,13). The number of nitrogens with two attached hydrogens (primary N) is 1. The lowest BCUT2D eigenvalue weighted by Crippen LogP contribution is -2.35. The van der Waals surface area contributed by atoms with Crippen LogP contribution in [0.4, 0.5) is 5.82 Å². The molecule has 3 N–H and O–H groups in total. The number of rotatable bonds is 4. The van der Waals surface area contributed by atoms with E-state index in [0.717, 1.165) is 5.82 Å². The third-order valence-electron chi connectivity index (χ3n) is 2.02. The summed E-state index contributed by atoms with van der Waals surface area (Å²) in [5.41, 5.74) is 5.72. The number of hydrogen-bond donors (Lipinski definition) is 2. The maximum Gasteiger partial charge on any atom is 0.218 e. The van der Waals surface area contributed by atoms with Crippen molar-refractivity contribution in [3.05, 3.63) is 12.4 Å². The molecule has 5 heteroatoms. The molecule has 1 aromatic rings. The number of anilines is 1. The normalized spacial score (nSPS) is 14.6. The molecule has 1 rings (SSSR count). The van der Waals surface area contributed by atoms with Crippen molar-refractivity contribution >= 4 is 5.82 Å². The first-order valence-corrected chi connectivity index (χ1v) is 4.51. The third kappa shape index (κ3) is 2.85. The van der Waals surface area contributed by atoms with Crippen LogP contribution in [0, 0.1) is 0 Å². The fourth-order valence-electron chi connectivity index (χ4n) is 0.895. The second kappa shape index (κ2) is 4.76. The van der Waals surface area contributed by atoms with Gasteiger partial charge in [0.1, 0.15) is 12.1 Å². The van der Waals surface area contributed by atoms with Gasteiger partial charge in [0.2, 0.25) is 5.88 Å². The number of aromatic nitrogens is 2. The van der Waals surface area contributed by atoms with Crippen LogP contribution < -0.4 is 15.8 Å². The highest BCUT2D eigenvalue weighted by atomic mass is 16.5. The van der Waals surface area contributed by atoms with Crippen molar-refractivity contribution in [3.63, 3.8) is 0 Å². The van der Waals surface area contributed by atoms with Gasteiger partial charge in [-0.05, 0) is 13.8 Å². The Bertz CT molecular complexity index is 290. The lowest BCUT2D eigenvalue weighted by atomic mass is 10.2. The van der Waals surface area contributed by atoms with E-state index >= 15 is 0 Å². The van der Waals surface area contributed by atoms with Crippen molar-refractivity contribution in [2.45, 2.75) is 25.9 Å². The van der Waals surface area contributed by atoms with Crippen molar-refractivity contribution in [1.29, 1.82) is 0 Å². The van der Waals surface area contributed by atoms with Gasteiger partial charge in [0.25, 0.3) is 0 Å². The molecule has 0 fully saturated rings. The highest BCUT2D eigenvalue weighted by Gasteiger charge is 2.07. The monoisotopic (exact) mass is 196 g/mol. The van der Waals surface area contributed by atoms with Gasteiger partial charge in [-0.1, -0.05) is 0 Å². The second-order valence-corrected chi connectivity index (χ2v) is 3.24. The topological polar surface area (TPSA) is 73.1 Å². The van der Waals surface area contributed by atoms with E-state index in [4.69, 9.17) is 10.5 Å². The van der Waals surface area contributed by atoms with Gasteiger partial charge in [-0.3, -0.25) is 0 Å². The van der Waals surface area contributed by atoms with Crippen molar-refractivity contribution in [3.8, 4) is 5.88 Å². The Morgan fingerprint density at radius 3 is 2.71 bits per heavy atom. The maximum absolute atomic E-state index is 5.72. The van der Waals surface area contributed by atoms with Gasteiger partial charge in [-0.25, -0.2) is 9.97 Å². The van der Waals surface area contributed by atoms with Crippen LogP contribution >= 0.6 is 0 Å². The molecule has 0 saturated carbocycles. The quantitative estimate of drug-likeness (QED) is 0.739. The van der Waals surface area contributed by atoms with E-state index in [9.17, 15) is 0 Å². The van der Waals surface area contributed by atoms with Crippen LogP contribution in [-0.4, -0.2) is 29.2 Å². The van der Waals surface area contributed by atoms with Crippen LogP contribution in [0.2, 0.25) is 0 Å². The Balaban J connectivity index is 2.66. The molecule has 1 heterocycles. The summed E-state index contributed by atoms with van der Waals surface area (Å²) in [7, 11) is 1.57. The van der Waals surface area contributed by atoms with Crippen LogP contribution in [0.1, 0.15) is 13.8 Å². The molecule has 1 aromatic heterocycles. The zero-order valence-corrected chi connectivity index (χ0v) is 8.69. The predicted octanol–water partition coefficient (Wildman–Crippen LogP) is 0.633. The van der Waals surface area contributed by atoms with Gasteiger partial charge in [-0.15, -0.1) is 0 Å². The summed E-state index contributed by atoms with van der Waals surface area (Å²) in [6, 6.07) is 1.96. The van der Waals surface area contributed by atoms with Crippen LogP contribution in [0.15, 0.2) is 12.4 Å². The second-order valence-electron chi connectivity index (χ2n) is 3.24. The van der Waals surface area contributed by atoms with Gasteiger partial charge in [-0.2, -0.15) is 0 Å². The summed E-state index contributed by atoms with van der Waals surface area (Å²) < 4.78 is 4.97. The summed E-state index contributed by atoms with van der Waals surface area (Å²) in [6.07, 6.45) is 1.45. The Labute approximate surface area is 83.7 Å². The minimum atomic E-state index is 0.0657. The van der Waals surface area contributed by atoms with E-state index in [0.29, 0.717) is 5.88 Å². The van der Waals surface area contributed by atoms with Gasteiger partial charge >= 0.3 is 0 Å². The van der Waals surface area contributed by atoms with E-state index in [2.05, 4.69) is 15.3 Å². The molecule has 0 aliphatic heterocycles. The Hall–Kier alpha value is -1.36. The molecular formula is C9H16N4O. The molecule has 5 nitrogen and oxygen atoms in total. The van der Waals surface area contributed by atoms with Crippen LogP contribution in [0.3, 0.4) is 0 Å². The van der Waals surface area contributed by atoms with E-state index in [1.807, 2.05) is 13.8 Å². The summed E-state index contributed by atoms with van der Waals surface area (Å²) >= 11 is 0. The molecule has 0 radical (unpaired) electrons. The molecule has 0 bridgehead atoms. The van der Waals surface area contributed by atoms with Crippen LogP contribution in [0.25, 0.3) is 0 Å². The molecule has 2 unspecified atom stereocenters. The molecule has 0 aliphatic carbocycles. The largest absolute Gasteiger partial charge is 0.481 e. The summed E-state index contributed by atoms with van der Waals surface area (Å²) in [6.45, 7) is 3.94. The van der Waals surface area contributed by atoms with Crippen molar-refractivity contribution in [2.75, 3.05) is 12.4 Å². The average Bonchev–Trinajstić information content (AvgIpc) is 2.18. The van der Waals surface area contributed by atoms with Crippen LogP contribution in [0.5, 0.6) is 5.88 Å². The lowest BCUT2D eigenvalue weighted by molar-refractivity contribution is 0.397. The van der Waals surface area contributed by atoms with Gasteiger partial charge in [0.15, 0.2) is 0 Å². The number of ether oxygens (including phenoxy) is 1. The van der Waals surface area contributed by atoms with E-state index in [-0.39, 0.29) is 12.1 Å². The first-order chi connectivity index (χ1) is 6.63. The molecule has 14 heavy (non-hydrogen) atoms. The van der Waals surface area contributed by atoms with Crippen molar-refractivity contribution < 1.29 is 4.74 Å². The maximum atomic E-state index is 5.72. The molecule has 0 aromatic carbocycles. The Morgan fingerprint density at radius 1 is 1.43 bits per heavy atom. The fourth-order valence-corrected chi connectivity index (χ4v) is 0.895. The Morgan fingerprint density at radius 2 is 2.14 bits per heavy atom. The molecule has 0 aliphatic rings. The number of hydrogen-bond acceptors (Lipinski definition) is 5. The summed E-state index contributed by atoms with van der Waals surface area (Å²) in [5, 5.41) is 3.16. The number of methoxy groups -OCH3 is 1. The first-order valence-electron chi connectivity index (χ1n) is 4.51.